The van der Waals surface area contributed by atoms with Crippen LogP contribution in [0, 0.1) is 0 Å². The molecule has 2 N–H and O–H groups in total. The van der Waals surface area contributed by atoms with Crippen molar-refractivity contribution < 1.29 is 4.74 Å². The first-order valence-electron chi connectivity index (χ1n) is 6.72. The van der Waals surface area contributed by atoms with Gasteiger partial charge < -0.3 is 20.3 Å². The highest BCUT2D eigenvalue weighted by molar-refractivity contribution is 5.63. The van der Waals surface area contributed by atoms with E-state index in [0.29, 0.717) is 6.10 Å². The second-order valence-corrected chi connectivity index (χ2v) is 5.33. The lowest BCUT2D eigenvalue weighted by Crippen LogP contribution is -2.44. The van der Waals surface area contributed by atoms with Crippen LogP contribution in [0.25, 0.3) is 0 Å². The maximum atomic E-state index is 6.07. The third-order valence-electron chi connectivity index (χ3n) is 3.68. The summed E-state index contributed by atoms with van der Waals surface area (Å²) in [6.45, 7) is 4.36. The van der Waals surface area contributed by atoms with Crippen LogP contribution in [0.5, 0.6) is 5.75 Å². The number of ether oxygens (including phenoxy) is 1. The third kappa shape index (κ3) is 2.53. The fourth-order valence-corrected chi connectivity index (χ4v) is 2.27. The predicted octanol–water partition coefficient (Wildman–Crippen LogP) is 1.56. The van der Waals surface area contributed by atoms with Gasteiger partial charge in [0.2, 0.25) is 0 Å². The topological polar surface area (TPSA) is 41.7 Å². The Morgan fingerprint density at radius 2 is 1.89 bits per heavy atom. The highest BCUT2D eigenvalue weighted by Crippen LogP contribution is 2.33. The van der Waals surface area contributed by atoms with Crippen molar-refractivity contribution in [2.45, 2.75) is 18.9 Å². The smallest absolute Gasteiger partial charge is 0.142 e. The molecule has 98 valence electrons. The molecule has 0 atom stereocenters. The van der Waals surface area contributed by atoms with Gasteiger partial charge in [-0.3, -0.25) is 0 Å². The highest BCUT2D eigenvalue weighted by Gasteiger charge is 2.24. The van der Waals surface area contributed by atoms with Crippen LogP contribution in [0.3, 0.4) is 0 Å². The van der Waals surface area contributed by atoms with Gasteiger partial charge in [0.05, 0.1) is 11.8 Å². The third-order valence-corrected chi connectivity index (χ3v) is 3.68. The van der Waals surface area contributed by atoms with E-state index in [4.69, 9.17) is 10.5 Å². The van der Waals surface area contributed by atoms with Crippen molar-refractivity contribution in [3.05, 3.63) is 18.2 Å². The summed E-state index contributed by atoms with van der Waals surface area (Å²) >= 11 is 0. The fourth-order valence-electron chi connectivity index (χ4n) is 2.27. The number of piperazine rings is 1. The molecule has 1 aliphatic heterocycles. The summed E-state index contributed by atoms with van der Waals surface area (Å²) in [5.41, 5.74) is 8.04. The first-order valence-corrected chi connectivity index (χ1v) is 6.72. The largest absolute Gasteiger partial charge is 0.488 e. The number of hydrogen-bond acceptors (Lipinski definition) is 4. The van der Waals surface area contributed by atoms with Crippen LogP contribution in [-0.4, -0.2) is 44.2 Å². The Bertz CT molecular complexity index is 423. The van der Waals surface area contributed by atoms with Gasteiger partial charge >= 0.3 is 0 Å². The second-order valence-electron chi connectivity index (χ2n) is 5.33. The highest BCUT2D eigenvalue weighted by atomic mass is 16.5. The number of anilines is 2. The van der Waals surface area contributed by atoms with E-state index in [-0.39, 0.29) is 0 Å². The van der Waals surface area contributed by atoms with Gasteiger partial charge in [0.1, 0.15) is 5.75 Å². The van der Waals surface area contributed by atoms with Crippen LogP contribution in [0.1, 0.15) is 12.8 Å². The molecule has 4 heteroatoms. The van der Waals surface area contributed by atoms with Crippen LogP contribution in [0.2, 0.25) is 0 Å². The summed E-state index contributed by atoms with van der Waals surface area (Å²) in [5.74, 6) is 0.843. The summed E-state index contributed by atoms with van der Waals surface area (Å²) in [7, 11) is 2.16. The van der Waals surface area contributed by atoms with Crippen molar-refractivity contribution in [1.29, 1.82) is 0 Å². The summed E-state index contributed by atoms with van der Waals surface area (Å²) in [6, 6.07) is 6.18. The van der Waals surface area contributed by atoms with E-state index in [1.165, 1.54) is 18.5 Å². The van der Waals surface area contributed by atoms with E-state index in [1.807, 2.05) is 12.1 Å². The number of benzene rings is 1. The molecule has 1 aliphatic carbocycles. The molecule has 0 bridgehead atoms. The summed E-state index contributed by atoms with van der Waals surface area (Å²) in [6.07, 6.45) is 2.74. The van der Waals surface area contributed by atoms with E-state index in [0.717, 1.165) is 37.6 Å². The molecular formula is C14H21N3O. The average molecular weight is 247 g/mol. The molecule has 2 fully saturated rings. The van der Waals surface area contributed by atoms with Crippen LogP contribution in [0.15, 0.2) is 18.2 Å². The van der Waals surface area contributed by atoms with Gasteiger partial charge in [-0.15, -0.1) is 0 Å². The average Bonchev–Trinajstić information content (AvgIpc) is 3.17. The molecule has 1 saturated heterocycles. The maximum Gasteiger partial charge on any atom is 0.142 e. The van der Waals surface area contributed by atoms with E-state index >= 15 is 0 Å². The van der Waals surface area contributed by atoms with Gasteiger partial charge in [0.25, 0.3) is 0 Å². The van der Waals surface area contributed by atoms with Crippen LogP contribution in [-0.2, 0) is 0 Å². The molecule has 0 amide bonds. The molecule has 4 nitrogen and oxygen atoms in total. The summed E-state index contributed by atoms with van der Waals surface area (Å²) in [4.78, 5) is 4.74. The van der Waals surface area contributed by atoms with Crippen LogP contribution >= 0.6 is 0 Å². The lowest BCUT2D eigenvalue weighted by atomic mass is 10.2. The molecule has 0 radical (unpaired) electrons. The Balaban J connectivity index is 1.70. The van der Waals surface area contributed by atoms with E-state index in [1.54, 1.807) is 0 Å². The number of nitrogens with zero attached hydrogens (tertiary/aromatic N) is 2. The molecule has 18 heavy (non-hydrogen) atoms. The van der Waals surface area contributed by atoms with Crippen LogP contribution < -0.4 is 15.4 Å². The zero-order valence-corrected chi connectivity index (χ0v) is 10.9. The fraction of sp³-hybridized carbons (Fsp3) is 0.571. The molecule has 1 aromatic carbocycles. The predicted molar refractivity (Wildman–Crippen MR) is 74.2 cm³/mol. The quantitative estimate of drug-likeness (QED) is 0.823. The minimum Gasteiger partial charge on any atom is -0.488 e. The molecule has 3 rings (SSSR count). The minimum absolute atomic E-state index is 0.404. The molecular weight excluding hydrogens is 226 g/mol. The molecule has 0 unspecified atom stereocenters. The van der Waals surface area contributed by atoms with Gasteiger partial charge in [-0.1, -0.05) is 0 Å². The Kier molecular flexibility index (Phi) is 3.04. The van der Waals surface area contributed by atoms with Crippen molar-refractivity contribution in [3.8, 4) is 5.75 Å². The molecule has 2 aliphatic rings. The second kappa shape index (κ2) is 4.69. The van der Waals surface area contributed by atoms with Crippen molar-refractivity contribution in [2.24, 2.45) is 0 Å². The molecule has 1 aromatic rings. The van der Waals surface area contributed by atoms with Crippen LogP contribution in [0.4, 0.5) is 11.4 Å². The first kappa shape index (κ1) is 11.7. The number of rotatable bonds is 3. The van der Waals surface area contributed by atoms with E-state index in [9.17, 15) is 0 Å². The Morgan fingerprint density at radius 3 is 2.50 bits per heavy atom. The number of hydrogen-bond donors (Lipinski definition) is 1. The lowest BCUT2D eigenvalue weighted by molar-refractivity contribution is 0.304. The monoisotopic (exact) mass is 247 g/mol. The van der Waals surface area contributed by atoms with Gasteiger partial charge in [-0.25, -0.2) is 0 Å². The zero-order chi connectivity index (χ0) is 12.5. The molecule has 0 aromatic heterocycles. The van der Waals surface area contributed by atoms with E-state index < -0.39 is 0 Å². The lowest BCUT2D eigenvalue weighted by Gasteiger charge is -2.34. The molecule has 1 heterocycles. The van der Waals surface area contributed by atoms with Gasteiger partial charge in [0, 0.05) is 31.9 Å². The summed E-state index contributed by atoms with van der Waals surface area (Å²) < 4.78 is 5.76. The van der Waals surface area contributed by atoms with Crippen molar-refractivity contribution in [1.82, 2.24) is 4.90 Å². The van der Waals surface area contributed by atoms with Gasteiger partial charge in [-0.2, -0.15) is 0 Å². The summed E-state index contributed by atoms with van der Waals surface area (Å²) in [5, 5.41) is 0. The van der Waals surface area contributed by atoms with Crippen molar-refractivity contribution in [2.75, 3.05) is 43.9 Å². The SMILES string of the molecule is CN1CCN(c2ccc(OC3CC3)c(N)c2)CC1. The number of likely N-dealkylation sites (N-methyl/N-ethyl adjacent to an activating group) is 1. The first-order chi connectivity index (χ1) is 8.72. The number of nitrogens with two attached hydrogens (primary N) is 1. The van der Waals surface area contributed by atoms with Crippen molar-refractivity contribution in [3.63, 3.8) is 0 Å². The Labute approximate surface area is 108 Å². The van der Waals surface area contributed by atoms with Gasteiger partial charge in [-0.05, 0) is 38.1 Å². The van der Waals surface area contributed by atoms with Gasteiger partial charge in [0.15, 0.2) is 0 Å². The minimum atomic E-state index is 0.404. The van der Waals surface area contributed by atoms with E-state index in [2.05, 4.69) is 22.9 Å². The molecule has 1 saturated carbocycles. The standard InChI is InChI=1S/C14H21N3O/c1-16-6-8-17(9-7-16)11-2-5-14(13(15)10-11)18-12-3-4-12/h2,5,10,12H,3-4,6-9,15H2,1H3. The zero-order valence-electron chi connectivity index (χ0n) is 10.9. The molecule has 0 spiro atoms. The normalized spacial score (nSPS) is 21.1. The van der Waals surface area contributed by atoms with Crippen molar-refractivity contribution >= 4 is 11.4 Å². The Morgan fingerprint density at radius 1 is 1.17 bits per heavy atom. The Hall–Kier alpha value is -1.42. The maximum absolute atomic E-state index is 6.07. The number of nitrogen functional groups attached to an aromatic ring is 1.